The third-order valence-electron chi connectivity index (χ3n) is 7.23. The van der Waals surface area contributed by atoms with Crippen LogP contribution >= 0.6 is 0 Å². The van der Waals surface area contributed by atoms with Gasteiger partial charge >= 0.3 is 6.01 Å². The maximum Gasteiger partial charge on any atom is 0.316 e. The molecule has 0 radical (unpaired) electrons. The smallest absolute Gasteiger partial charge is 0.316 e. The maximum absolute atomic E-state index is 12.4. The van der Waals surface area contributed by atoms with Crippen LogP contribution in [0.2, 0.25) is 0 Å². The van der Waals surface area contributed by atoms with Gasteiger partial charge in [0.05, 0.1) is 12.8 Å². The first-order valence-electron chi connectivity index (χ1n) is 12.5. The minimum Gasteiger partial charge on any atom is -0.467 e. The Hall–Kier alpha value is -3.31. The Morgan fingerprint density at radius 3 is 2.32 bits per heavy atom. The summed E-state index contributed by atoms with van der Waals surface area (Å²) in [7, 11) is 3.53. The number of nitrogens with zero attached hydrogens (tertiary/aromatic N) is 4. The third-order valence-corrected chi connectivity index (χ3v) is 7.23. The lowest BCUT2D eigenvalue weighted by atomic mass is 9.62. The Morgan fingerprint density at radius 2 is 1.73 bits per heavy atom. The predicted octanol–water partition coefficient (Wildman–Crippen LogP) is 3.76. The van der Waals surface area contributed by atoms with Crippen LogP contribution < -0.4 is 4.74 Å². The molecule has 0 amide bonds. The zero-order valence-electron chi connectivity index (χ0n) is 22.7. The molecule has 0 spiro atoms. The van der Waals surface area contributed by atoms with Crippen molar-refractivity contribution < 1.29 is 14.9 Å². The molecule has 3 heterocycles. The molecule has 37 heavy (non-hydrogen) atoms. The Labute approximate surface area is 219 Å². The minimum absolute atomic E-state index is 0.174. The fraction of sp³-hybridized carbons (Fsp3) is 0.433. The van der Waals surface area contributed by atoms with E-state index in [9.17, 15) is 10.2 Å². The SMILES string of the molecule is COc1nc(C)cc([C@](C)(O)C#Cc2cncc([C@@](O)(c3ccc(C(C)C)cc3)C3(C)CN(C)C3)c2)n1. The van der Waals surface area contributed by atoms with E-state index in [2.05, 4.69) is 71.6 Å². The standard InChI is InChI=1S/C30H36N4O3/c1-20(2)23-8-10-24(11-9-23)30(36,28(4)18-34(6)19-28)25-15-22(16-31-17-25)12-13-29(5,35)26-14-21(3)32-27(33-26)37-7/h8-11,14-17,20,35-36H,18-19H2,1-7H3/t29-,30+/m1/s1. The average molecular weight is 501 g/mol. The molecule has 7 heteroatoms. The number of rotatable bonds is 6. The molecule has 0 saturated carbocycles. The molecule has 1 aliphatic rings. The van der Waals surface area contributed by atoms with Crippen molar-refractivity contribution in [2.75, 3.05) is 27.2 Å². The number of pyridine rings is 1. The van der Waals surface area contributed by atoms with Crippen molar-refractivity contribution in [3.05, 3.63) is 82.4 Å². The van der Waals surface area contributed by atoms with E-state index in [1.165, 1.54) is 12.7 Å². The zero-order valence-corrected chi connectivity index (χ0v) is 22.7. The summed E-state index contributed by atoms with van der Waals surface area (Å²) in [5, 5.41) is 23.5. The van der Waals surface area contributed by atoms with Crippen LogP contribution in [0.15, 0.2) is 48.8 Å². The first-order valence-corrected chi connectivity index (χ1v) is 12.5. The summed E-state index contributed by atoms with van der Waals surface area (Å²) >= 11 is 0. The molecular formula is C30H36N4O3. The first kappa shape index (κ1) is 26.7. The number of benzene rings is 1. The average Bonchev–Trinajstić information content (AvgIpc) is 2.86. The van der Waals surface area contributed by atoms with Crippen LogP contribution in [-0.2, 0) is 11.2 Å². The van der Waals surface area contributed by atoms with E-state index in [1.807, 2.05) is 18.2 Å². The van der Waals surface area contributed by atoms with E-state index in [1.54, 1.807) is 32.3 Å². The molecule has 0 unspecified atom stereocenters. The lowest BCUT2D eigenvalue weighted by Crippen LogP contribution is -2.63. The molecule has 2 aromatic heterocycles. The van der Waals surface area contributed by atoms with Gasteiger partial charge in [0.25, 0.3) is 0 Å². The molecule has 194 valence electrons. The van der Waals surface area contributed by atoms with Crippen molar-refractivity contribution in [3.8, 4) is 17.9 Å². The van der Waals surface area contributed by atoms with E-state index in [4.69, 9.17) is 4.74 Å². The fourth-order valence-electron chi connectivity index (χ4n) is 5.19. The monoisotopic (exact) mass is 500 g/mol. The highest BCUT2D eigenvalue weighted by molar-refractivity contribution is 5.45. The van der Waals surface area contributed by atoms with Crippen molar-refractivity contribution in [1.29, 1.82) is 0 Å². The molecule has 2 atom stereocenters. The molecule has 0 bridgehead atoms. The Balaban J connectivity index is 1.74. The summed E-state index contributed by atoms with van der Waals surface area (Å²) < 4.78 is 5.14. The van der Waals surface area contributed by atoms with Crippen LogP contribution in [0.3, 0.4) is 0 Å². The second-order valence-corrected chi connectivity index (χ2v) is 10.9. The summed E-state index contributed by atoms with van der Waals surface area (Å²) in [5.41, 5.74) is 1.11. The largest absolute Gasteiger partial charge is 0.467 e. The molecule has 1 aromatic carbocycles. The maximum atomic E-state index is 12.4. The van der Waals surface area contributed by atoms with Gasteiger partial charge in [-0.15, -0.1) is 0 Å². The first-order chi connectivity index (χ1) is 17.4. The highest BCUT2D eigenvalue weighted by atomic mass is 16.5. The minimum atomic E-state index is -1.54. The summed E-state index contributed by atoms with van der Waals surface area (Å²) in [6.07, 6.45) is 3.35. The molecule has 0 aliphatic carbocycles. The number of likely N-dealkylation sites (tertiary alicyclic amines) is 1. The van der Waals surface area contributed by atoms with Crippen molar-refractivity contribution >= 4 is 0 Å². The molecule has 1 aliphatic heterocycles. The Kier molecular flexibility index (Phi) is 7.13. The van der Waals surface area contributed by atoms with E-state index < -0.39 is 16.6 Å². The number of hydrogen-bond donors (Lipinski definition) is 2. The lowest BCUT2D eigenvalue weighted by Gasteiger charge is -2.55. The number of aromatic nitrogens is 3. The van der Waals surface area contributed by atoms with Gasteiger partial charge in [-0.05, 0) is 50.1 Å². The van der Waals surface area contributed by atoms with Crippen LogP contribution in [0, 0.1) is 24.2 Å². The van der Waals surface area contributed by atoms with Crippen LogP contribution in [-0.4, -0.2) is 57.3 Å². The summed E-state index contributed by atoms with van der Waals surface area (Å²) in [4.78, 5) is 15.1. The Bertz CT molecular complexity index is 1330. The van der Waals surface area contributed by atoms with Crippen LogP contribution in [0.4, 0.5) is 0 Å². The molecule has 4 rings (SSSR count). The Morgan fingerprint density at radius 1 is 1.05 bits per heavy atom. The molecular weight excluding hydrogens is 464 g/mol. The number of aliphatic hydroxyl groups is 2. The highest BCUT2D eigenvalue weighted by Gasteiger charge is 2.55. The van der Waals surface area contributed by atoms with Crippen molar-refractivity contribution in [2.24, 2.45) is 5.41 Å². The summed E-state index contributed by atoms with van der Waals surface area (Å²) in [6, 6.07) is 11.9. The quantitative estimate of drug-likeness (QED) is 0.498. The number of aryl methyl sites for hydroxylation is 1. The van der Waals surface area contributed by atoms with Crippen LogP contribution in [0.5, 0.6) is 6.01 Å². The molecule has 1 fully saturated rings. The number of ether oxygens (including phenoxy) is 1. The van der Waals surface area contributed by atoms with Gasteiger partial charge in [0.1, 0.15) is 5.60 Å². The van der Waals surface area contributed by atoms with Crippen molar-refractivity contribution in [2.45, 2.75) is 51.7 Å². The normalized spacial score (nSPS) is 18.2. The molecule has 3 aromatic rings. The second kappa shape index (κ2) is 9.86. The van der Waals surface area contributed by atoms with Gasteiger partial charge in [0.2, 0.25) is 0 Å². The van der Waals surface area contributed by atoms with Crippen molar-refractivity contribution in [3.63, 3.8) is 0 Å². The van der Waals surface area contributed by atoms with E-state index in [-0.39, 0.29) is 6.01 Å². The van der Waals surface area contributed by atoms with Gasteiger partial charge in [-0.1, -0.05) is 56.9 Å². The zero-order chi connectivity index (χ0) is 27.0. The molecule has 7 nitrogen and oxygen atoms in total. The number of hydrogen-bond acceptors (Lipinski definition) is 7. The van der Waals surface area contributed by atoms with Crippen molar-refractivity contribution in [1.82, 2.24) is 19.9 Å². The van der Waals surface area contributed by atoms with Gasteiger partial charge in [-0.3, -0.25) is 4.98 Å². The molecule has 2 N–H and O–H groups in total. The van der Waals surface area contributed by atoms with Gasteiger partial charge < -0.3 is 19.8 Å². The molecule has 1 saturated heterocycles. The van der Waals surface area contributed by atoms with E-state index >= 15 is 0 Å². The second-order valence-electron chi connectivity index (χ2n) is 10.9. The highest BCUT2D eigenvalue weighted by Crippen LogP contribution is 2.50. The number of methoxy groups -OCH3 is 1. The van der Waals surface area contributed by atoms with Gasteiger partial charge in [0.15, 0.2) is 5.60 Å². The van der Waals surface area contributed by atoms with Gasteiger partial charge in [0, 0.05) is 47.7 Å². The lowest BCUT2D eigenvalue weighted by molar-refractivity contribution is -0.127. The topological polar surface area (TPSA) is 91.6 Å². The van der Waals surface area contributed by atoms with Crippen LogP contribution in [0.25, 0.3) is 0 Å². The third kappa shape index (κ3) is 5.10. The predicted molar refractivity (Wildman–Crippen MR) is 143 cm³/mol. The van der Waals surface area contributed by atoms with Crippen LogP contribution in [0.1, 0.15) is 67.3 Å². The van der Waals surface area contributed by atoms with Gasteiger partial charge in [-0.2, -0.15) is 4.98 Å². The van der Waals surface area contributed by atoms with E-state index in [0.29, 0.717) is 28.4 Å². The van der Waals surface area contributed by atoms with Gasteiger partial charge in [-0.25, -0.2) is 4.98 Å². The van der Waals surface area contributed by atoms with E-state index in [0.717, 1.165) is 18.7 Å². The summed E-state index contributed by atoms with van der Waals surface area (Å²) in [6.45, 7) is 11.3. The summed E-state index contributed by atoms with van der Waals surface area (Å²) in [5.74, 6) is 6.35. The fourth-order valence-corrected chi connectivity index (χ4v) is 5.19.